The first-order valence-corrected chi connectivity index (χ1v) is 34.1. The number of hydrogen-bond donors (Lipinski definition) is 0. The summed E-state index contributed by atoms with van der Waals surface area (Å²) in [7, 11) is 0. The van der Waals surface area contributed by atoms with Crippen molar-refractivity contribution in [2.45, 2.75) is 348 Å². The SMILES string of the molecule is CC/C=C\C/C=C\C/C=C\C/C=C\CCCCCCCCCCCCCCCCCCCCCCCCC(=O)OCC(COC(=O)CCCCCCCCCCCCCCC)OC(=O)CCCCC/C=C\C/C=C\C/C=C\CC. The van der Waals surface area contributed by atoms with Gasteiger partial charge in [-0.3, -0.25) is 14.4 Å². The second-order valence-corrected chi connectivity index (χ2v) is 22.7. The van der Waals surface area contributed by atoms with Crippen molar-refractivity contribution >= 4 is 17.9 Å². The Hall–Kier alpha value is -3.41. The van der Waals surface area contributed by atoms with Crippen molar-refractivity contribution in [3.8, 4) is 0 Å². The fourth-order valence-electron chi connectivity index (χ4n) is 9.86. The third-order valence-corrected chi connectivity index (χ3v) is 14.9. The van der Waals surface area contributed by atoms with Crippen LogP contribution in [0, 0.1) is 0 Å². The lowest BCUT2D eigenvalue weighted by atomic mass is 10.0. The van der Waals surface area contributed by atoms with Crippen LogP contribution in [0.3, 0.4) is 0 Å². The maximum absolute atomic E-state index is 12.9. The average Bonchev–Trinajstić information content (AvgIpc) is 3.45. The smallest absolute Gasteiger partial charge is 0.306 e. The molecule has 6 heteroatoms. The molecule has 6 nitrogen and oxygen atoms in total. The van der Waals surface area contributed by atoms with Gasteiger partial charge in [0.15, 0.2) is 6.10 Å². The van der Waals surface area contributed by atoms with Crippen LogP contribution in [-0.4, -0.2) is 37.2 Å². The Kier molecular flexibility index (Phi) is 64.2. The Morgan fingerprint density at radius 1 is 0.266 bits per heavy atom. The molecule has 0 spiro atoms. The minimum Gasteiger partial charge on any atom is -0.462 e. The van der Waals surface area contributed by atoms with E-state index in [0.29, 0.717) is 19.3 Å². The second-order valence-electron chi connectivity index (χ2n) is 22.7. The molecule has 0 amide bonds. The minimum absolute atomic E-state index is 0.0826. The Morgan fingerprint density at radius 3 is 0.785 bits per heavy atom. The number of unbranched alkanes of at least 4 members (excludes halogenated alkanes) is 37. The summed E-state index contributed by atoms with van der Waals surface area (Å²) in [4.78, 5) is 38.2. The van der Waals surface area contributed by atoms with Crippen LogP contribution in [0.2, 0.25) is 0 Å². The highest BCUT2D eigenvalue weighted by Crippen LogP contribution is 2.18. The molecule has 456 valence electrons. The Labute approximate surface area is 490 Å². The van der Waals surface area contributed by atoms with E-state index in [1.807, 2.05) is 0 Å². The molecule has 0 heterocycles. The highest BCUT2D eigenvalue weighted by molar-refractivity contribution is 5.71. The molecule has 0 aliphatic carbocycles. The van der Waals surface area contributed by atoms with Gasteiger partial charge in [-0.25, -0.2) is 0 Å². The van der Waals surface area contributed by atoms with E-state index in [9.17, 15) is 14.4 Å². The third kappa shape index (κ3) is 65.3. The standard InChI is InChI=1S/C73H128O6/c1-4-7-10-13-16-19-22-25-26-27-28-29-30-31-32-33-34-35-36-37-38-39-40-41-42-43-44-45-46-49-51-54-57-60-63-66-72(75)78-69-70(79-73(76)67-64-61-58-55-52-48-24-21-18-15-12-9-6-3)68-77-71(74)65-62-59-56-53-50-47-23-20-17-14-11-8-5-2/h7,9-10,12,16,18-19,21,25-26,28-29,48,52,70H,4-6,8,11,13-15,17,20,22-24,27,30-47,49-51,53-69H2,1-3H3/b10-7-,12-9-,19-16-,21-18-,26-25-,29-28-,52-48-. The predicted octanol–water partition coefficient (Wildman–Crippen LogP) is 23.4. The summed E-state index contributed by atoms with van der Waals surface area (Å²) in [5, 5.41) is 0. The minimum atomic E-state index is -0.787. The van der Waals surface area contributed by atoms with Gasteiger partial charge in [0, 0.05) is 19.3 Å². The van der Waals surface area contributed by atoms with Gasteiger partial charge in [0.05, 0.1) is 0 Å². The lowest BCUT2D eigenvalue weighted by Crippen LogP contribution is -2.30. The zero-order chi connectivity index (χ0) is 57.1. The topological polar surface area (TPSA) is 78.9 Å². The summed E-state index contributed by atoms with van der Waals surface area (Å²) in [5.41, 5.74) is 0. The summed E-state index contributed by atoms with van der Waals surface area (Å²) in [6.07, 6.45) is 89.2. The molecule has 0 N–H and O–H groups in total. The molecule has 0 saturated heterocycles. The zero-order valence-electron chi connectivity index (χ0n) is 52.4. The lowest BCUT2D eigenvalue weighted by molar-refractivity contribution is -0.167. The molecule has 0 aromatic rings. The van der Waals surface area contributed by atoms with E-state index in [2.05, 4.69) is 106 Å². The normalized spacial score (nSPS) is 12.6. The number of rotatable bonds is 62. The van der Waals surface area contributed by atoms with E-state index >= 15 is 0 Å². The number of carbonyl (C=O) groups is 3. The fraction of sp³-hybridized carbons (Fsp3) is 0.767. The molecule has 1 atom stereocenters. The van der Waals surface area contributed by atoms with E-state index < -0.39 is 6.10 Å². The highest BCUT2D eigenvalue weighted by Gasteiger charge is 2.19. The van der Waals surface area contributed by atoms with E-state index in [0.717, 1.165) is 109 Å². The summed E-state index contributed by atoms with van der Waals surface area (Å²) in [5.74, 6) is -0.895. The largest absolute Gasteiger partial charge is 0.462 e. The molecule has 0 fully saturated rings. The molecule has 0 aromatic heterocycles. The number of esters is 3. The van der Waals surface area contributed by atoms with Gasteiger partial charge in [-0.05, 0) is 89.9 Å². The fourth-order valence-corrected chi connectivity index (χ4v) is 9.86. The van der Waals surface area contributed by atoms with Crippen LogP contribution in [0.1, 0.15) is 342 Å². The molecule has 0 aromatic carbocycles. The molecule has 79 heavy (non-hydrogen) atoms. The summed E-state index contributed by atoms with van der Waals surface area (Å²) >= 11 is 0. The van der Waals surface area contributed by atoms with E-state index in [1.165, 1.54) is 193 Å². The Balaban J connectivity index is 4.06. The first kappa shape index (κ1) is 75.6. The van der Waals surface area contributed by atoms with Crippen molar-refractivity contribution < 1.29 is 28.6 Å². The van der Waals surface area contributed by atoms with Gasteiger partial charge in [0.25, 0.3) is 0 Å². The van der Waals surface area contributed by atoms with Crippen molar-refractivity contribution in [1.82, 2.24) is 0 Å². The van der Waals surface area contributed by atoms with Crippen molar-refractivity contribution in [3.05, 3.63) is 85.1 Å². The van der Waals surface area contributed by atoms with E-state index in [-0.39, 0.29) is 31.1 Å². The number of ether oxygens (including phenoxy) is 3. The Bertz CT molecular complexity index is 1500. The third-order valence-electron chi connectivity index (χ3n) is 14.9. The van der Waals surface area contributed by atoms with Gasteiger partial charge in [0.2, 0.25) is 0 Å². The van der Waals surface area contributed by atoms with Crippen LogP contribution < -0.4 is 0 Å². The second kappa shape index (κ2) is 67.1. The zero-order valence-corrected chi connectivity index (χ0v) is 52.4. The molecule has 0 bridgehead atoms. The van der Waals surface area contributed by atoms with Crippen molar-refractivity contribution in [1.29, 1.82) is 0 Å². The maximum atomic E-state index is 12.9. The molecular formula is C73H128O6. The summed E-state index contributed by atoms with van der Waals surface area (Å²) in [6, 6.07) is 0. The van der Waals surface area contributed by atoms with Crippen LogP contribution in [-0.2, 0) is 28.6 Å². The first-order valence-electron chi connectivity index (χ1n) is 34.1. The van der Waals surface area contributed by atoms with Crippen LogP contribution >= 0.6 is 0 Å². The van der Waals surface area contributed by atoms with Crippen molar-refractivity contribution in [2.75, 3.05) is 13.2 Å². The number of allylic oxidation sites excluding steroid dienone is 14. The van der Waals surface area contributed by atoms with Crippen molar-refractivity contribution in [3.63, 3.8) is 0 Å². The van der Waals surface area contributed by atoms with Gasteiger partial charge in [0.1, 0.15) is 13.2 Å². The number of carbonyl (C=O) groups excluding carboxylic acids is 3. The molecular weight excluding hydrogens is 973 g/mol. The van der Waals surface area contributed by atoms with Crippen LogP contribution in [0.25, 0.3) is 0 Å². The molecule has 0 saturated carbocycles. The van der Waals surface area contributed by atoms with E-state index in [1.54, 1.807) is 0 Å². The highest BCUT2D eigenvalue weighted by atomic mass is 16.6. The monoisotopic (exact) mass is 1100 g/mol. The van der Waals surface area contributed by atoms with Crippen LogP contribution in [0.5, 0.6) is 0 Å². The van der Waals surface area contributed by atoms with Gasteiger partial charge >= 0.3 is 17.9 Å². The van der Waals surface area contributed by atoms with Gasteiger partial charge in [-0.15, -0.1) is 0 Å². The number of hydrogen-bond acceptors (Lipinski definition) is 6. The molecule has 0 aliphatic heterocycles. The van der Waals surface area contributed by atoms with Gasteiger partial charge in [-0.2, -0.15) is 0 Å². The molecule has 0 radical (unpaired) electrons. The summed E-state index contributed by atoms with van der Waals surface area (Å²) < 4.78 is 16.9. The average molecular weight is 1100 g/mol. The maximum Gasteiger partial charge on any atom is 0.306 e. The lowest BCUT2D eigenvalue weighted by Gasteiger charge is -2.18. The Morgan fingerprint density at radius 2 is 0.494 bits per heavy atom. The van der Waals surface area contributed by atoms with Crippen LogP contribution in [0.15, 0.2) is 85.1 Å². The quantitative estimate of drug-likeness (QED) is 0.0261. The molecule has 0 rings (SSSR count). The molecule has 1 unspecified atom stereocenters. The first-order chi connectivity index (χ1) is 39.0. The van der Waals surface area contributed by atoms with Gasteiger partial charge < -0.3 is 14.2 Å². The van der Waals surface area contributed by atoms with Crippen molar-refractivity contribution in [2.24, 2.45) is 0 Å². The predicted molar refractivity (Wildman–Crippen MR) is 344 cm³/mol. The molecule has 0 aliphatic rings. The van der Waals surface area contributed by atoms with Gasteiger partial charge in [-0.1, -0.05) is 318 Å². The summed E-state index contributed by atoms with van der Waals surface area (Å²) in [6.45, 7) is 6.42. The van der Waals surface area contributed by atoms with E-state index in [4.69, 9.17) is 14.2 Å². The van der Waals surface area contributed by atoms with Crippen LogP contribution in [0.4, 0.5) is 0 Å².